The Balaban J connectivity index is 1.76. The lowest BCUT2D eigenvalue weighted by Gasteiger charge is -2.27. The molecule has 1 aromatic carbocycles. The minimum atomic E-state index is -0.173. The van der Waals surface area contributed by atoms with Crippen LogP contribution in [0.25, 0.3) is 0 Å². The van der Waals surface area contributed by atoms with Gasteiger partial charge in [0.05, 0.1) is 6.54 Å². The first kappa shape index (κ1) is 18.2. The molecular weight excluding hydrogens is 328 g/mol. The molecule has 6 heteroatoms. The van der Waals surface area contributed by atoms with E-state index in [4.69, 9.17) is 0 Å². The molecule has 2 heterocycles. The van der Waals surface area contributed by atoms with Gasteiger partial charge in [0.2, 0.25) is 0 Å². The van der Waals surface area contributed by atoms with Gasteiger partial charge in [-0.25, -0.2) is 0 Å². The van der Waals surface area contributed by atoms with Crippen molar-refractivity contribution in [2.45, 2.75) is 40.2 Å². The number of rotatable bonds is 5. The van der Waals surface area contributed by atoms with Gasteiger partial charge in [-0.15, -0.1) is 0 Å². The van der Waals surface area contributed by atoms with Gasteiger partial charge in [0.1, 0.15) is 0 Å². The second kappa shape index (κ2) is 7.72. The highest BCUT2D eigenvalue weighted by Crippen LogP contribution is 2.23. The van der Waals surface area contributed by atoms with E-state index in [1.54, 1.807) is 4.90 Å². The van der Waals surface area contributed by atoms with Crippen LogP contribution in [0.3, 0.4) is 0 Å². The highest BCUT2D eigenvalue weighted by Gasteiger charge is 2.28. The molecule has 26 heavy (non-hydrogen) atoms. The van der Waals surface area contributed by atoms with E-state index in [2.05, 4.69) is 29.4 Å². The van der Waals surface area contributed by atoms with Gasteiger partial charge in [-0.05, 0) is 24.5 Å². The zero-order chi connectivity index (χ0) is 18.7. The SMILES string of the molecule is CCC(C)CNC(=O)c1n[nH]c2c1CN(C(=O)c1ccccc1C)CC2. The summed E-state index contributed by atoms with van der Waals surface area (Å²) < 4.78 is 0. The van der Waals surface area contributed by atoms with Crippen molar-refractivity contribution >= 4 is 11.8 Å². The van der Waals surface area contributed by atoms with E-state index in [1.165, 1.54) is 0 Å². The zero-order valence-electron chi connectivity index (χ0n) is 15.6. The van der Waals surface area contributed by atoms with Gasteiger partial charge in [-0.1, -0.05) is 38.5 Å². The van der Waals surface area contributed by atoms with Crippen LogP contribution in [0.4, 0.5) is 0 Å². The van der Waals surface area contributed by atoms with Crippen molar-refractivity contribution in [1.29, 1.82) is 0 Å². The third-order valence-electron chi connectivity index (χ3n) is 5.12. The van der Waals surface area contributed by atoms with Crippen molar-refractivity contribution < 1.29 is 9.59 Å². The number of aromatic nitrogens is 2. The Labute approximate surface area is 154 Å². The molecule has 2 amide bonds. The predicted octanol–water partition coefficient (Wildman–Crippen LogP) is 2.69. The molecule has 0 bridgehead atoms. The minimum Gasteiger partial charge on any atom is -0.350 e. The third-order valence-corrected chi connectivity index (χ3v) is 5.12. The number of hydrogen-bond acceptors (Lipinski definition) is 3. The summed E-state index contributed by atoms with van der Waals surface area (Å²) >= 11 is 0. The number of nitrogens with one attached hydrogen (secondary N) is 2. The van der Waals surface area contributed by atoms with Crippen molar-refractivity contribution in [1.82, 2.24) is 20.4 Å². The summed E-state index contributed by atoms with van der Waals surface area (Å²) in [6, 6.07) is 7.59. The fraction of sp³-hybridized carbons (Fsp3) is 0.450. The number of carbonyl (C=O) groups is 2. The van der Waals surface area contributed by atoms with Crippen LogP contribution in [0.15, 0.2) is 24.3 Å². The summed E-state index contributed by atoms with van der Waals surface area (Å²) in [5, 5.41) is 10.1. The summed E-state index contributed by atoms with van der Waals surface area (Å²) in [5.74, 6) is 0.252. The smallest absolute Gasteiger partial charge is 0.272 e. The summed E-state index contributed by atoms with van der Waals surface area (Å²) in [5.41, 5.74) is 3.86. The maximum atomic E-state index is 12.9. The third kappa shape index (κ3) is 3.64. The molecule has 3 rings (SSSR count). The van der Waals surface area contributed by atoms with E-state index >= 15 is 0 Å². The van der Waals surface area contributed by atoms with Crippen molar-refractivity contribution in [3.8, 4) is 0 Å². The second-order valence-corrected chi connectivity index (χ2v) is 7.04. The topological polar surface area (TPSA) is 78.1 Å². The molecule has 1 aliphatic rings. The van der Waals surface area contributed by atoms with E-state index in [0.29, 0.717) is 43.2 Å². The molecular formula is C20H26N4O2. The van der Waals surface area contributed by atoms with Crippen LogP contribution in [0, 0.1) is 12.8 Å². The number of H-pyrrole nitrogens is 1. The molecule has 1 aromatic heterocycles. The van der Waals surface area contributed by atoms with Crippen molar-refractivity contribution in [2.75, 3.05) is 13.1 Å². The molecule has 0 aliphatic carbocycles. The molecule has 0 radical (unpaired) electrons. The van der Waals surface area contributed by atoms with Crippen LogP contribution in [0.5, 0.6) is 0 Å². The van der Waals surface area contributed by atoms with Crippen LogP contribution in [0.2, 0.25) is 0 Å². The van der Waals surface area contributed by atoms with E-state index in [1.807, 2.05) is 31.2 Å². The quantitative estimate of drug-likeness (QED) is 0.866. The van der Waals surface area contributed by atoms with Gasteiger partial charge < -0.3 is 10.2 Å². The number of aromatic amines is 1. The average molecular weight is 354 g/mol. The molecule has 6 nitrogen and oxygen atoms in total. The number of fused-ring (bicyclic) bond motifs is 1. The van der Waals surface area contributed by atoms with Crippen LogP contribution >= 0.6 is 0 Å². The van der Waals surface area contributed by atoms with Gasteiger partial charge in [0.15, 0.2) is 5.69 Å². The second-order valence-electron chi connectivity index (χ2n) is 7.04. The molecule has 138 valence electrons. The summed E-state index contributed by atoms with van der Waals surface area (Å²) in [6.45, 7) is 7.80. The minimum absolute atomic E-state index is 0.000846. The Kier molecular flexibility index (Phi) is 5.40. The van der Waals surface area contributed by atoms with Gasteiger partial charge in [0.25, 0.3) is 11.8 Å². The number of aryl methyl sites for hydroxylation is 1. The van der Waals surface area contributed by atoms with Gasteiger partial charge in [-0.3, -0.25) is 14.7 Å². The Morgan fingerprint density at radius 1 is 1.35 bits per heavy atom. The molecule has 1 aliphatic heterocycles. The van der Waals surface area contributed by atoms with Crippen LogP contribution in [-0.2, 0) is 13.0 Å². The first-order valence-electron chi connectivity index (χ1n) is 9.20. The number of nitrogens with zero attached hydrogens (tertiary/aromatic N) is 2. The van der Waals surface area contributed by atoms with Crippen molar-refractivity contribution in [3.05, 3.63) is 52.3 Å². The van der Waals surface area contributed by atoms with Crippen LogP contribution in [0.1, 0.15) is 57.9 Å². The highest BCUT2D eigenvalue weighted by molar-refractivity contribution is 5.97. The summed E-state index contributed by atoms with van der Waals surface area (Å²) in [6.07, 6.45) is 1.69. The molecule has 0 fully saturated rings. The number of carbonyl (C=O) groups excluding carboxylic acids is 2. The molecule has 0 saturated carbocycles. The lowest BCUT2D eigenvalue weighted by molar-refractivity contribution is 0.0730. The van der Waals surface area contributed by atoms with Gasteiger partial charge >= 0.3 is 0 Å². The summed E-state index contributed by atoms with van der Waals surface area (Å²) in [4.78, 5) is 27.2. The van der Waals surface area contributed by atoms with E-state index in [0.717, 1.165) is 23.2 Å². The average Bonchev–Trinajstić information content (AvgIpc) is 3.08. The fourth-order valence-electron chi connectivity index (χ4n) is 3.13. The maximum Gasteiger partial charge on any atom is 0.272 e. The Morgan fingerprint density at radius 3 is 2.85 bits per heavy atom. The Hall–Kier alpha value is -2.63. The molecule has 0 saturated heterocycles. The van der Waals surface area contributed by atoms with Crippen LogP contribution in [-0.4, -0.2) is 40.0 Å². The fourth-order valence-corrected chi connectivity index (χ4v) is 3.13. The number of hydrogen-bond donors (Lipinski definition) is 2. The van der Waals surface area contributed by atoms with E-state index < -0.39 is 0 Å². The molecule has 0 spiro atoms. The Bertz CT molecular complexity index is 812. The Morgan fingerprint density at radius 2 is 2.12 bits per heavy atom. The molecule has 1 unspecified atom stereocenters. The van der Waals surface area contributed by atoms with Gasteiger partial charge in [0, 0.05) is 36.3 Å². The summed E-state index contributed by atoms with van der Waals surface area (Å²) in [7, 11) is 0. The normalized spacial score (nSPS) is 14.7. The maximum absolute atomic E-state index is 12.9. The van der Waals surface area contributed by atoms with Gasteiger partial charge in [-0.2, -0.15) is 5.10 Å². The molecule has 1 atom stereocenters. The lowest BCUT2D eigenvalue weighted by atomic mass is 10.0. The molecule has 2 aromatic rings. The highest BCUT2D eigenvalue weighted by atomic mass is 16.2. The first-order valence-corrected chi connectivity index (χ1v) is 9.20. The monoisotopic (exact) mass is 354 g/mol. The van der Waals surface area contributed by atoms with Crippen molar-refractivity contribution in [3.63, 3.8) is 0 Å². The standard InChI is InChI=1S/C20H26N4O2/c1-4-13(2)11-21-19(25)18-16-12-24(10-9-17(16)22-23-18)20(26)15-8-6-5-7-14(15)3/h5-8,13H,4,9-12H2,1-3H3,(H,21,25)(H,22,23). The predicted molar refractivity (Wildman–Crippen MR) is 100.0 cm³/mol. The number of amides is 2. The number of benzene rings is 1. The van der Waals surface area contributed by atoms with Crippen molar-refractivity contribution in [2.24, 2.45) is 5.92 Å². The van der Waals surface area contributed by atoms with E-state index in [-0.39, 0.29) is 11.8 Å². The molecule has 2 N–H and O–H groups in total. The van der Waals surface area contributed by atoms with E-state index in [9.17, 15) is 9.59 Å². The first-order chi connectivity index (χ1) is 12.5. The lowest BCUT2D eigenvalue weighted by Crippen LogP contribution is -2.37. The zero-order valence-corrected chi connectivity index (χ0v) is 15.6. The largest absolute Gasteiger partial charge is 0.350 e. The van der Waals surface area contributed by atoms with Crippen LogP contribution < -0.4 is 5.32 Å².